The molecule has 2 N–H and O–H groups in total. The van der Waals surface area contributed by atoms with Crippen LogP contribution in [0.15, 0.2) is 46.6 Å². The Kier molecular flexibility index (Phi) is 20.4. The second-order valence-electron chi connectivity index (χ2n) is 9.87. The van der Waals surface area contributed by atoms with Gasteiger partial charge in [-0.05, 0) is 143 Å². The van der Waals surface area contributed by atoms with E-state index in [9.17, 15) is 10.2 Å². The highest BCUT2D eigenvalue weighted by Crippen LogP contribution is 2.31. The van der Waals surface area contributed by atoms with E-state index in [1.807, 2.05) is 79.7 Å². The normalized spacial score (nSPS) is 17.1. The number of hydrogen-bond donors (Lipinski definition) is 2. The van der Waals surface area contributed by atoms with E-state index >= 15 is 0 Å². The van der Waals surface area contributed by atoms with Crippen LogP contribution in [0.2, 0.25) is 0 Å². The van der Waals surface area contributed by atoms with E-state index in [-0.39, 0.29) is 0 Å². The van der Waals surface area contributed by atoms with Crippen molar-refractivity contribution in [1.29, 1.82) is 0 Å². The Labute approximate surface area is 225 Å². The molecule has 0 aromatic rings. The van der Waals surface area contributed by atoms with Crippen LogP contribution in [0.5, 0.6) is 0 Å². The Morgan fingerprint density at radius 2 is 0.750 bits per heavy atom. The van der Waals surface area contributed by atoms with Crippen molar-refractivity contribution in [3.05, 3.63) is 46.6 Å². The van der Waals surface area contributed by atoms with Crippen LogP contribution >= 0.6 is 0 Å². The van der Waals surface area contributed by atoms with E-state index in [2.05, 4.69) is 37.5 Å². The maximum atomic E-state index is 10.9. The van der Waals surface area contributed by atoms with Gasteiger partial charge in [0, 0.05) is 0 Å². The first-order valence-electron chi connectivity index (χ1n) is 14.3. The zero-order chi connectivity index (χ0) is 28.4. The highest BCUT2D eigenvalue weighted by Gasteiger charge is 2.30. The van der Waals surface area contributed by atoms with Crippen LogP contribution in [-0.4, -0.2) is 70.5 Å². The van der Waals surface area contributed by atoms with E-state index in [4.69, 9.17) is 0 Å². The number of allylic oxidation sites excluding steroid dienone is 4. The largest absolute Gasteiger partial charge is 0.381 e. The van der Waals surface area contributed by atoms with Crippen LogP contribution in [0, 0.1) is 0 Å². The molecule has 1 unspecified atom stereocenters. The number of nitrogens with zero attached hydrogens (tertiary/aromatic N) is 2. The summed E-state index contributed by atoms with van der Waals surface area (Å²) < 4.78 is 0. The average Bonchev–Trinajstić information content (AvgIpc) is 2.91. The van der Waals surface area contributed by atoms with E-state index < -0.39 is 11.2 Å². The smallest absolute Gasteiger partial charge is 0.106 e. The van der Waals surface area contributed by atoms with Crippen LogP contribution in [0.4, 0.5) is 0 Å². The third kappa shape index (κ3) is 11.9. The van der Waals surface area contributed by atoms with Crippen molar-refractivity contribution in [3.63, 3.8) is 0 Å². The van der Waals surface area contributed by atoms with Crippen molar-refractivity contribution < 1.29 is 10.2 Å². The number of aliphatic hydroxyl groups is 2. The summed E-state index contributed by atoms with van der Waals surface area (Å²) in [7, 11) is 0. The Bertz CT molecular complexity index is 599. The Balaban J connectivity index is 0. The molecule has 0 radical (unpaired) electrons. The van der Waals surface area contributed by atoms with Crippen LogP contribution < -0.4 is 0 Å². The minimum Gasteiger partial charge on any atom is -0.381 e. The molecule has 0 aliphatic heterocycles. The first-order valence-corrected chi connectivity index (χ1v) is 14.3. The SMILES string of the molecule is C/C=C(/C)C(O)(CCCN(CC)CC)/C(C)=C/C.C/C=C(\C)C(O)(CCCN(CC)CC)/C(C)=C/C. The van der Waals surface area contributed by atoms with Gasteiger partial charge in [0.2, 0.25) is 0 Å². The van der Waals surface area contributed by atoms with Gasteiger partial charge in [-0.2, -0.15) is 0 Å². The molecule has 0 fully saturated rings. The van der Waals surface area contributed by atoms with E-state index in [1.165, 1.54) is 0 Å². The van der Waals surface area contributed by atoms with E-state index in [0.29, 0.717) is 0 Å². The quantitative estimate of drug-likeness (QED) is 0.212. The van der Waals surface area contributed by atoms with Gasteiger partial charge in [-0.3, -0.25) is 0 Å². The summed E-state index contributed by atoms with van der Waals surface area (Å²) in [6.07, 6.45) is 11.7. The zero-order valence-electron chi connectivity index (χ0n) is 26.2. The van der Waals surface area contributed by atoms with Gasteiger partial charge in [0.1, 0.15) is 11.2 Å². The van der Waals surface area contributed by atoms with Crippen LogP contribution in [0.1, 0.15) is 109 Å². The monoisotopic (exact) mass is 506 g/mol. The number of rotatable bonds is 16. The molecule has 4 heteroatoms. The summed E-state index contributed by atoms with van der Waals surface area (Å²) >= 11 is 0. The molecule has 36 heavy (non-hydrogen) atoms. The van der Waals surface area contributed by atoms with Crippen molar-refractivity contribution in [2.75, 3.05) is 39.3 Å². The van der Waals surface area contributed by atoms with Crippen molar-refractivity contribution in [2.45, 2.75) is 120 Å². The molecular weight excluding hydrogens is 444 g/mol. The Morgan fingerprint density at radius 1 is 0.528 bits per heavy atom. The topological polar surface area (TPSA) is 46.9 Å². The molecule has 0 spiro atoms. The second kappa shape index (κ2) is 19.9. The Hall–Kier alpha value is -1.20. The molecule has 0 aromatic heterocycles. The lowest BCUT2D eigenvalue weighted by atomic mass is 9.83. The second-order valence-corrected chi connectivity index (χ2v) is 9.87. The van der Waals surface area contributed by atoms with Crippen molar-refractivity contribution in [2.24, 2.45) is 0 Å². The van der Waals surface area contributed by atoms with Crippen molar-refractivity contribution in [1.82, 2.24) is 9.80 Å². The highest BCUT2D eigenvalue weighted by atomic mass is 16.3. The van der Waals surface area contributed by atoms with Gasteiger partial charge >= 0.3 is 0 Å². The highest BCUT2D eigenvalue weighted by molar-refractivity contribution is 5.30. The fourth-order valence-corrected chi connectivity index (χ4v) is 4.56. The predicted molar refractivity (Wildman–Crippen MR) is 162 cm³/mol. The Morgan fingerprint density at radius 3 is 0.917 bits per heavy atom. The lowest BCUT2D eigenvalue weighted by molar-refractivity contribution is 0.0991. The first-order chi connectivity index (χ1) is 16.9. The molecule has 0 rings (SSSR count). The minimum absolute atomic E-state index is 0.753. The summed E-state index contributed by atoms with van der Waals surface area (Å²) in [4.78, 5) is 4.80. The van der Waals surface area contributed by atoms with Gasteiger partial charge < -0.3 is 20.0 Å². The molecule has 212 valence electrons. The van der Waals surface area contributed by atoms with Crippen molar-refractivity contribution in [3.8, 4) is 0 Å². The standard InChI is InChI=1S/2C16H31NO/c2*1-7-14(5)16(18,15(6)8-2)12-11-13-17(9-3)10-4/h2*7-8,18H,9-13H2,1-6H3/b14-7+,15-8+;14-7-,15-8+. The summed E-state index contributed by atoms with van der Waals surface area (Å²) in [5.41, 5.74) is 2.71. The average molecular weight is 507 g/mol. The summed E-state index contributed by atoms with van der Waals surface area (Å²) in [5, 5.41) is 21.7. The lowest BCUT2D eigenvalue weighted by Crippen LogP contribution is -2.33. The zero-order valence-corrected chi connectivity index (χ0v) is 26.2. The fraction of sp³-hybridized carbons (Fsp3) is 0.750. The molecule has 0 aromatic carbocycles. The molecule has 0 saturated carbocycles. The van der Waals surface area contributed by atoms with E-state index in [0.717, 1.165) is 87.2 Å². The minimum atomic E-state index is -0.753. The third-order valence-electron chi connectivity index (χ3n) is 8.16. The van der Waals surface area contributed by atoms with Gasteiger partial charge in [-0.1, -0.05) is 52.0 Å². The predicted octanol–water partition coefficient (Wildman–Crippen LogP) is 7.54. The van der Waals surface area contributed by atoms with Gasteiger partial charge in [0.05, 0.1) is 0 Å². The first kappa shape index (κ1) is 37.0. The van der Waals surface area contributed by atoms with Gasteiger partial charge in [-0.15, -0.1) is 0 Å². The summed E-state index contributed by atoms with van der Waals surface area (Å²) in [6.45, 7) is 31.2. The van der Waals surface area contributed by atoms with Gasteiger partial charge in [-0.25, -0.2) is 0 Å². The van der Waals surface area contributed by atoms with Crippen LogP contribution in [0.3, 0.4) is 0 Å². The van der Waals surface area contributed by atoms with Crippen LogP contribution in [0.25, 0.3) is 0 Å². The lowest BCUT2D eigenvalue weighted by Gasteiger charge is -2.31. The van der Waals surface area contributed by atoms with Gasteiger partial charge in [0.15, 0.2) is 0 Å². The fourth-order valence-electron chi connectivity index (χ4n) is 4.56. The van der Waals surface area contributed by atoms with Gasteiger partial charge in [0.25, 0.3) is 0 Å². The molecule has 0 amide bonds. The summed E-state index contributed by atoms with van der Waals surface area (Å²) in [6, 6.07) is 0. The molecule has 0 aliphatic rings. The third-order valence-corrected chi connectivity index (χ3v) is 8.16. The molecular formula is C32H62N2O2. The number of hydrogen-bond acceptors (Lipinski definition) is 4. The molecule has 4 nitrogen and oxygen atoms in total. The van der Waals surface area contributed by atoms with Crippen molar-refractivity contribution >= 4 is 0 Å². The maximum absolute atomic E-state index is 10.9. The molecule has 1 atom stereocenters. The molecule has 0 aliphatic carbocycles. The molecule has 0 heterocycles. The maximum Gasteiger partial charge on any atom is 0.106 e. The molecule has 0 saturated heterocycles. The molecule has 0 bridgehead atoms. The summed E-state index contributed by atoms with van der Waals surface area (Å²) in [5.74, 6) is 0. The van der Waals surface area contributed by atoms with E-state index in [1.54, 1.807) is 0 Å². The van der Waals surface area contributed by atoms with Crippen LogP contribution in [-0.2, 0) is 0 Å².